The maximum absolute atomic E-state index is 12.9. The van der Waals surface area contributed by atoms with Crippen LogP contribution in [0.5, 0.6) is 0 Å². The summed E-state index contributed by atoms with van der Waals surface area (Å²) in [5, 5.41) is 2.99. The molecule has 6 rings (SSSR count). The molecular formula is C27H28N4O2S. The number of nitrogens with one attached hydrogen (secondary N) is 1. The molecule has 3 atom stereocenters. The molecule has 0 bridgehead atoms. The third-order valence-corrected chi connectivity index (χ3v) is 8.43. The fourth-order valence-corrected chi connectivity index (χ4v) is 6.69. The van der Waals surface area contributed by atoms with Crippen molar-refractivity contribution in [1.29, 1.82) is 0 Å². The molecule has 174 valence electrons. The number of benzene rings is 1. The molecule has 6 nitrogen and oxygen atoms in total. The summed E-state index contributed by atoms with van der Waals surface area (Å²) in [5.41, 5.74) is 4.61. The molecule has 1 aromatic carbocycles. The van der Waals surface area contributed by atoms with E-state index >= 15 is 0 Å². The van der Waals surface area contributed by atoms with Gasteiger partial charge < -0.3 is 10.2 Å². The number of carbonyl (C=O) groups excluding carboxylic acids is 2. The van der Waals surface area contributed by atoms with Crippen LogP contribution in [0, 0.1) is 11.8 Å². The summed E-state index contributed by atoms with van der Waals surface area (Å²) in [6.07, 6.45) is 8.66. The predicted molar refractivity (Wildman–Crippen MR) is 136 cm³/mol. The van der Waals surface area contributed by atoms with E-state index in [-0.39, 0.29) is 17.9 Å². The molecule has 0 spiro atoms. The molecule has 2 saturated heterocycles. The van der Waals surface area contributed by atoms with E-state index in [9.17, 15) is 9.59 Å². The van der Waals surface area contributed by atoms with Crippen molar-refractivity contribution in [3.8, 4) is 0 Å². The molecule has 3 unspecified atom stereocenters. The van der Waals surface area contributed by atoms with Crippen LogP contribution in [-0.4, -0.2) is 63.8 Å². The summed E-state index contributed by atoms with van der Waals surface area (Å²) in [5.74, 6) is 3.55. The molecule has 3 aliphatic heterocycles. The summed E-state index contributed by atoms with van der Waals surface area (Å²) in [6, 6.07) is 12.5. The number of fused-ring (bicyclic) bond motifs is 3. The first-order valence-electron chi connectivity index (χ1n) is 12.0. The van der Waals surface area contributed by atoms with Crippen molar-refractivity contribution in [1.82, 2.24) is 14.8 Å². The van der Waals surface area contributed by atoms with Crippen molar-refractivity contribution in [2.24, 2.45) is 11.8 Å². The van der Waals surface area contributed by atoms with Crippen molar-refractivity contribution in [2.75, 3.05) is 36.5 Å². The van der Waals surface area contributed by atoms with Gasteiger partial charge in [-0.25, -0.2) is 4.98 Å². The number of allylic oxidation sites excluding steroid dienone is 1. The Morgan fingerprint density at radius 1 is 1.21 bits per heavy atom. The minimum Gasteiger partial charge on any atom is -0.338 e. The highest BCUT2D eigenvalue weighted by Gasteiger charge is 2.38. The van der Waals surface area contributed by atoms with Gasteiger partial charge in [0.2, 0.25) is 11.8 Å². The van der Waals surface area contributed by atoms with Gasteiger partial charge in [0.25, 0.3) is 0 Å². The van der Waals surface area contributed by atoms with Crippen LogP contribution in [-0.2, 0) is 16.1 Å². The zero-order valence-electron chi connectivity index (χ0n) is 19.0. The van der Waals surface area contributed by atoms with Gasteiger partial charge in [-0.05, 0) is 47.1 Å². The highest BCUT2D eigenvalue weighted by molar-refractivity contribution is 7.99. The van der Waals surface area contributed by atoms with Gasteiger partial charge in [0.05, 0.1) is 6.04 Å². The van der Waals surface area contributed by atoms with Crippen molar-refractivity contribution >= 4 is 41.0 Å². The summed E-state index contributed by atoms with van der Waals surface area (Å²) >= 11 is 1.82. The zero-order valence-corrected chi connectivity index (χ0v) is 19.8. The predicted octanol–water partition coefficient (Wildman–Crippen LogP) is 3.53. The topological polar surface area (TPSA) is 65.5 Å². The number of thioether (sulfide) groups is 1. The lowest BCUT2D eigenvalue weighted by molar-refractivity contribution is -0.125. The van der Waals surface area contributed by atoms with E-state index in [0.717, 1.165) is 48.7 Å². The average molecular weight is 473 g/mol. The summed E-state index contributed by atoms with van der Waals surface area (Å²) in [4.78, 5) is 34.2. The van der Waals surface area contributed by atoms with Crippen LogP contribution >= 0.6 is 11.8 Å². The average Bonchev–Trinajstić information content (AvgIpc) is 3.40. The van der Waals surface area contributed by atoms with Gasteiger partial charge in [-0.2, -0.15) is 11.8 Å². The van der Waals surface area contributed by atoms with Gasteiger partial charge in [-0.3, -0.25) is 14.5 Å². The van der Waals surface area contributed by atoms with Crippen LogP contribution in [0.2, 0.25) is 0 Å². The summed E-state index contributed by atoms with van der Waals surface area (Å²) in [6.45, 7) is 3.20. The zero-order chi connectivity index (χ0) is 23.1. The third-order valence-electron chi connectivity index (χ3n) is 7.41. The number of amides is 2. The van der Waals surface area contributed by atoms with Gasteiger partial charge in [-0.1, -0.05) is 36.4 Å². The standard InChI is InChI=1S/C27H28N4O2S/c32-25(31-14-21-11-20(12-22(21)15-31)19-4-2-1-3-5-19)7-6-18-10-23-16-30-8-9-34-17-24(30)27(33)29-26(23)28-13-18/h1-7,10-11,13,21-22,24H,8-9,12,14-17H2,(H,28,29,33). The van der Waals surface area contributed by atoms with E-state index in [1.165, 1.54) is 11.1 Å². The second kappa shape index (κ2) is 9.04. The lowest BCUT2D eigenvalue weighted by Gasteiger charge is -2.31. The number of aromatic nitrogens is 1. The Bertz CT molecular complexity index is 1180. The van der Waals surface area contributed by atoms with Gasteiger partial charge in [0, 0.05) is 55.5 Å². The lowest BCUT2D eigenvalue weighted by atomic mass is 9.98. The maximum atomic E-state index is 12.9. The number of pyridine rings is 1. The SMILES string of the molecule is O=C1Nc2ncc(C=CC(=O)N3CC4C=C(c5ccccc5)CC4C3)cc2CN2CCSCC12. The largest absolute Gasteiger partial charge is 0.338 e. The normalized spacial score (nSPS) is 26.5. The Labute approximate surface area is 204 Å². The first-order valence-corrected chi connectivity index (χ1v) is 13.1. The van der Waals surface area contributed by atoms with E-state index in [1.807, 2.05) is 34.9 Å². The van der Waals surface area contributed by atoms with Crippen LogP contribution in [0.3, 0.4) is 0 Å². The Kier molecular flexibility index (Phi) is 5.75. The maximum Gasteiger partial charge on any atom is 0.246 e. The van der Waals surface area contributed by atoms with Gasteiger partial charge in [-0.15, -0.1) is 0 Å². The van der Waals surface area contributed by atoms with Crippen LogP contribution < -0.4 is 5.32 Å². The molecule has 1 aromatic heterocycles. The number of rotatable bonds is 3. The van der Waals surface area contributed by atoms with Gasteiger partial charge in [0.1, 0.15) is 5.82 Å². The monoisotopic (exact) mass is 472 g/mol. The Morgan fingerprint density at radius 3 is 2.94 bits per heavy atom. The van der Waals surface area contributed by atoms with E-state index in [2.05, 4.69) is 45.5 Å². The second-order valence-electron chi connectivity index (χ2n) is 9.59. The number of nitrogens with zero attached hydrogens (tertiary/aromatic N) is 3. The third kappa shape index (κ3) is 4.18. The van der Waals surface area contributed by atoms with Crippen molar-refractivity contribution < 1.29 is 9.59 Å². The number of carbonyl (C=O) groups is 2. The molecule has 7 heteroatoms. The van der Waals surface area contributed by atoms with Crippen LogP contribution in [0.25, 0.3) is 11.6 Å². The fraction of sp³-hybridized carbons (Fsp3) is 0.370. The number of likely N-dealkylation sites (tertiary alicyclic amines) is 1. The summed E-state index contributed by atoms with van der Waals surface area (Å²) < 4.78 is 0. The van der Waals surface area contributed by atoms with Crippen molar-refractivity contribution in [3.63, 3.8) is 0 Å². The van der Waals surface area contributed by atoms with E-state index in [4.69, 9.17) is 0 Å². The number of hydrogen-bond acceptors (Lipinski definition) is 5. The highest BCUT2D eigenvalue weighted by Crippen LogP contribution is 2.41. The van der Waals surface area contributed by atoms with Gasteiger partial charge >= 0.3 is 0 Å². The minimum atomic E-state index is -0.0976. The first-order chi connectivity index (χ1) is 16.6. The second-order valence-corrected chi connectivity index (χ2v) is 10.7. The van der Waals surface area contributed by atoms with Crippen LogP contribution in [0.15, 0.2) is 54.7 Å². The van der Waals surface area contributed by atoms with Gasteiger partial charge in [0.15, 0.2) is 0 Å². The minimum absolute atomic E-state index is 0.0287. The molecule has 34 heavy (non-hydrogen) atoms. The molecule has 1 N–H and O–H groups in total. The Hall–Kier alpha value is -2.90. The van der Waals surface area contributed by atoms with E-state index < -0.39 is 0 Å². The fourth-order valence-electron chi connectivity index (χ4n) is 5.57. The molecule has 0 radical (unpaired) electrons. The Morgan fingerprint density at radius 2 is 2.09 bits per heavy atom. The van der Waals surface area contributed by atoms with Crippen LogP contribution in [0.4, 0.5) is 5.82 Å². The smallest absolute Gasteiger partial charge is 0.246 e. The van der Waals surface area contributed by atoms with E-state index in [1.54, 1.807) is 12.3 Å². The van der Waals surface area contributed by atoms with Crippen LogP contribution in [0.1, 0.15) is 23.1 Å². The molecule has 4 aliphatic rings. The molecular weight excluding hydrogens is 444 g/mol. The van der Waals surface area contributed by atoms with Crippen molar-refractivity contribution in [2.45, 2.75) is 19.0 Å². The highest BCUT2D eigenvalue weighted by atomic mass is 32.2. The molecule has 2 amide bonds. The van der Waals surface area contributed by atoms with E-state index in [0.29, 0.717) is 24.2 Å². The molecule has 0 saturated carbocycles. The molecule has 2 fully saturated rings. The quantitative estimate of drug-likeness (QED) is 0.693. The number of anilines is 1. The first kappa shape index (κ1) is 21.6. The Balaban J connectivity index is 1.12. The molecule has 1 aliphatic carbocycles. The van der Waals surface area contributed by atoms with Crippen molar-refractivity contribution in [3.05, 3.63) is 71.4 Å². The lowest BCUT2D eigenvalue weighted by Crippen LogP contribution is -2.47. The molecule has 2 aromatic rings. The summed E-state index contributed by atoms with van der Waals surface area (Å²) in [7, 11) is 0. The number of hydrogen-bond donors (Lipinski definition) is 1. The molecule has 4 heterocycles.